The fourth-order valence-electron chi connectivity index (χ4n) is 4.22. The van der Waals surface area contributed by atoms with Gasteiger partial charge < -0.3 is 15.0 Å². The lowest BCUT2D eigenvalue weighted by molar-refractivity contribution is -0.119. The maximum atomic E-state index is 14.7. The molecule has 2 heterocycles. The molecule has 4 rings (SSSR count). The molecule has 1 aliphatic carbocycles. The monoisotopic (exact) mass is 376 g/mol. The number of cyclic esters (lactones) is 1. The molecule has 27 heavy (non-hydrogen) atoms. The summed E-state index contributed by atoms with van der Waals surface area (Å²) >= 11 is 0. The van der Waals surface area contributed by atoms with Gasteiger partial charge in [-0.05, 0) is 36.0 Å². The van der Waals surface area contributed by atoms with Crippen LogP contribution in [0.1, 0.15) is 6.92 Å². The Hall–Kier alpha value is -2.71. The molecule has 2 aliphatic heterocycles. The maximum absolute atomic E-state index is 14.7. The van der Waals surface area contributed by atoms with Gasteiger partial charge in [0.1, 0.15) is 11.9 Å². The summed E-state index contributed by atoms with van der Waals surface area (Å²) in [7, 11) is 0. The summed E-state index contributed by atoms with van der Waals surface area (Å²) in [6.07, 6.45) is -1.01. The van der Waals surface area contributed by atoms with Crippen LogP contribution in [0, 0.1) is 28.5 Å². The molecule has 2 saturated heterocycles. The molecule has 3 aliphatic rings. The van der Waals surface area contributed by atoms with Gasteiger partial charge in [-0.15, -0.1) is 0 Å². The molecule has 9 heteroatoms. The summed E-state index contributed by atoms with van der Waals surface area (Å²) in [5.41, 5.74) is 0.935. The number of amides is 2. The topological polar surface area (TPSA) is 91.3 Å². The van der Waals surface area contributed by atoms with Crippen molar-refractivity contribution < 1.29 is 18.7 Å². The number of carbonyl (C=O) groups excluding carboxylic acids is 2. The predicted octanol–water partition coefficient (Wildman–Crippen LogP) is 1.74. The van der Waals surface area contributed by atoms with Gasteiger partial charge in [0.05, 0.1) is 31.0 Å². The third-order valence-electron chi connectivity index (χ3n) is 5.69. The van der Waals surface area contributed by atoms with E-state index in [1.54, 1.807) is 12.1 Å². The number of rotatable bonds is 6. The minimum absolute atomic E-state index is 0.199. The SMILES string of the molecule is CC(=O)NC[C@H]1CN(c2ccc(N3C[C@@H]4C(CN=O)[C@@H]4C3)c(F)c2)C(=O)O1. The van der Waals surface area contributed by atoms with Crippen molar-refractivity contribution in [3.63, 3.8) is 0 Å². The third-order valence-corrected chi connectivity index (χ3v) is 5.69. The second-order valence-corrected chi connectivity index (χ2v) is 7.40. The summed E-state index contributed by atoms with van der Waals surface area (Å²) in [4.78, 5) is 36.8. The second-order valence-electron chi connectivity index (χ2n) is 7.40. The molecule has 1 aromatic rings. The zero-order valence-corrected chi connectivity index (χ0v) is 14.9. The van der Waals surface area contributed by atoms with E-state index in [0.717, 1.165) is 13.1 Å². The quantitative estimate of drug-likeness (QED) is 0.764. The lowest BCUT2D eigenvalue weighted by atomic mass is 10.2. The number of benzene rings is 1. The van der Waals surface area contributed by atoms with Crippen LogP contribution in [0.15, 0.2) is 23.4 Å². The molecule has 0 bridgehead atoms. The molecule has 4 atom stereocenters. The second kappa shape index (κ2) is 6.79. The van der Waals surface area contributed by atoms with Crippen molar-refractivity contribution in [3.05, 3.63) is 28.9 Å². The van der Waals surface area contributed by atoms with Crippen LogP contribution < -0.4 is 15.1 Å². The molecule has 2 amide bonds. The van der Waals surface area contributed by atoms with E-state index in [9.17, 15) is 18.9 Å². The average molecular weight is 376 g/mol. The number of ether oxygens (including phenoxy) is 1. The Morgan fingerprint density at radius 2 is 2.07 bits per heavy atom. The smallest absolute Gasteiger partial charge is 0.414 e. The number of fused-ring (bicyclic) bond motifs is 1. The first-order valence-corrected chi connectivity index (χ1v) is 9.04. The largest absolute Gasteiger partial charge is 0.442 e. The number of hydrogen-bond donors (Lipinski definition) is 1. The first-order valence-electron chi connectivity index (χ1n) is 9.04. The minimum atomic E-state index is -0.552. The number of carbonyl (C=O) groups is 2. The molecule has 0 aromatic heterocycles. The minimum Gasteiger partial charge on any atom is -0.442 e. The Balaban J connectivity index is 1.40. The fraction of sp³-hybridized carbons (Fsp3) is 0.556. The number of nitroso groups, excluding NO2 is 1. The number of halogens is 1. The molecule has 3 fully saturated rings. The number of hydrogen-bond acceptors (Lipinski definition) is 6. The number of piperidine rings is 1. The lowest BCUT2D eigenvalue weighted by Crippen LogP contribution is -2.33. The van der Waals surface area contributed by atoms with Gasteiger partial charge in [0, 0.05) is 20.0 Å². The highest BCUT2D eigenvalue weighted by molar-refractivity contribution is 5.90. The van der Waals surface area contributed by atoms with E-state index < -0.39 is 18.0 Å². The summed E-state index contributed by atoms with van der Waals surface area (Å²) in [5.74, 6) is 0.599. The Morgan fingerprint density at radius 3 is 2.70 bits per heavy atom. The number of anilines is 2. The highest BCUT2D eigenvalue weighted by Gasteiger charge is 2.55. The average Bonchev–Trinajstić information content (AvgIpc) is 2.98. The van der Waals surface area contributed by atoms with E-state index in [-0.39, 0.29) is 19.0 Å². The Bertz CT molecular complexity index is 777. The van der Waals surface area contributed by atoms with Crippen molar-refractivity contribution in [2.45, 2.75) is 13.0 Å². The van der Waals surface area contributed by atoms with E-state index in [4.69, 9.17) is 4.74 Å². The summed E-state index contributed by atoms with van der Waals surface area (Å²) in [6, 6.07) is 4.72. The fourth-order valence-corrected chi connectivity index (χ4v) is 4.22. The molecule has 1 aromatic carbocycles. The standard InChI is InChI=1S/C18H21FN4O4/c1-10(24)20-5-12-7-23(18(25)27-12)11-2-3-17(16(19)4-11)22-8-14-13(6-21-26)15(14)9-22/h2-4,12-15H,5-9H2,1H3,(H,20,24)/t12-,13?,14-,15+/m0/s1. The molecule has 0 radical (unpaired) electrons. The van der Waals surface area contributed by atoms with Crippen molar-refractivity contribution >= 4 is 23.4 Å². The third kappa shape index (κ3) is 3.33. The van der Waals surface area contributed by atoms with Crippen LogP contribution in [0.5, 0.6) is 0 Å². The maximum Gasteiger partial charge on any atom is 0.414 e. The molecular weight excluding hydrogens is 355 g/mol. The Kier molecular flexibility index (Phi) is 4.45. The van der Waals surface area contributed by atoms with Crippen molar-refractivity contribution in [2.75, 3.05) is 42.5 Å². The normalized spacial score (nSPS) is 28.7. The van der Waals surface area contributed by atoms with Crippen LogP contribution >= 0.6 is 0 Å². The van der Waals surface area contributed by atoms with Gasteiger partial charge in [-0.25, -0.2) is 9.18 Å². The van der Waals surface area contributed by atoms with Gasteiger partial charge in [0.25, 0.3) is 0 Å². The van der Waals surface area contributed by atoms with Crippen LogP contribution in [0.2, 0.25) is 0 Å². The van der Waals surface area contributed by atoms with Gasteiger partial charge in [0.15, 0.2) is 0 Å². The molecule has 1 N–H and O–H groups in total. The van der Waals surface area contributed by atoms with Gasteiger partial charge >= 0.3 is 6.09 Å². The van der Waals surface area contributed by atoms with Crippen LogP contribution in [-0.4, -0.2) is 50.8 Å². The summed E-state index contributed by atoms with van der Waals surface area (Å²) < 4.78 is 19.9. The van der Waals surface area contributed by atoms with E-state index in [2.05, 4.69) is 10.5 Å². The first-order chi connectivity index (χ1) is 13.0. The van der Waals surface area contributed by atoms with E-state index >= 15 is 0 Å². The van der Waals surface area contributed by atoms with Crippen molar-refractivity contribution in [1.82, 2.24) is 5.32 Å². The highest BCUT2D eigenvalue weighted by atomic mass is 19.1. The van der Waals surface area contributed by atoms with Gasteiger partial charge in [-0.3, -0.25) is 9.69 Å². The van der Waals surface area contributed by atoms with Crippen LogP contribution in [0.25, 0.3) is 0 Å². The molecule has 1 saturated carbocycles. The van der Waals surface area contributed by atoms with Crippen LogP contribution in [-0.2, 0) is 9.53 Å². The molecule has 0 spiro atoms. The summed E-state index contributed by atoms with van der Waals surface area (Å²) in [6.45, 7) is 3.68. The van der Waals surface area contributed by atoms with Gasteiger partial charge in [0.2, 0.25) is 5.91 Å². The zero-order chi connectivity index (χ0) is 19.1. The molecular formula is C18H21FN4O4. The Morgan fingerprint density at radius 1 is 1.33 bits per heavy atom. The van der Waals surface area contributed by atoms with Crippen molar-refractivity contribution in [3.8, 4) is 0 Å². The zero-order valence-electron chi connectivity index (χ0n) is 14.9. The lowest BCUT2D eigenvalue weighted by Gasteiger charge is -2.23. The van der Waals surface area contributed by atoms with Gasteiger partial charge in [-0.1, -0.05) is 5.18 Å². The van der Waals surface area contributed by atoms with E-state index in [1.165, 1.54) is 17.9 Å². The molecule has 144 valence electrons. The van der Waals surface area contributed by atoms with E-state index in [0.29, 0.717) is 35.7 Å². The predicted molar refractivity (Wildman–Crippen MR) is 96.0 cm³/mol. The van der Waals surface area contributed by atoms with Crippen molar-refractivity contribution in [1.29, 1.82) is 0 Å². The number of nitrogens with one attached hydrogen (secondary N) is 1. The number of nitrogens with zero attached hydrogens (tertiary/aromatic N) is 3. The van der Waals surface area contributed by atoms with Crippen molar-refractivity contribution in [2.24, 2.45) is 22.9 Å². The molecule has 1 unspecified atom stereocenters. The Labute approximate surface area is 155 Å². The van der Waals surface area contributed by atoms with E-state index in [1.807, 2.05) is 4.90 Å². The summed E-state index contributed by atoms with van der Waals surface area (Å²) in [5, 5.41) is 5.58. The first kappa shape index (κ1) is 17.7. The van der Waals surface area contributed by atoms with Crippen LogP contribution in [0.3, 0.4) is 0 Å². The van der Waals surface area contributed by atoms with Crippen LogP contribution in [0.4, 0.5) is 20.6 Å². The highest BCUT2D eigenvalue weighted by Crippen LogP contribution is 2.52. The van der Waals surface area contributed by atoms with Gasteiger partial charge in [-0.2, -0.15) is 4.91 Å². The molecule has 8 nitrogen and oxygen atoms in total.